The molecule has 2 rings (SSSR count). The molecular weight excluding hydrogens is 338 g/mol. The molecule has 136 valence electrons. The molecule has 2 amide bonds. The van der Waals surface area contributed by atoms with Crippen molar-refractivity contribution in [1.29, 1.82) is 0 Å². The van der Waals surface area contributed by atoms with E-state index in [-0.39, 0.29) is 11.5 Å². The summed E-state index contributed by atoms with van der Waals surface area (Å²) in [5.74, 6) is -2.12. The second-order valence-electron chi connectivity index (χ2n) is 5.64. The van der Waals surface area contributed by atoms with Crippen molar-refractivity contribution >= 4 is 23.6 Å². The third-order valence-electron chi connectivity index (χ3n) is 3.61. The number of ether oxygens (including phenoxy) is 1. The van der Waals surface area contributed by atoms with Crippen LogP contribution in [0.2, 0.25) is 0 Å². The average Bonchev–Trinajstić information content (AvgIpc) is 3.02. The maximum absolute atomic E-state index is 12.2. The number of hydrogen-bond donors (Lipinski definition) is 2. The Morgan fingerprint density at radius 1 is 1.04 bits per heavy atom. The Morgan fingerprint density at radius 2 is 1.69 bits per heavy atom. The van der Waals surface area contributed by atoms with E-state index in [9.17, 15) is 19.2 Å². The van der Waals surface area contributed by atoms with E-state index in [0.717, 1.165) is 0 Å². The summed E-state index contributed by atoms with van der Waals surface area (Å²) in [4.78, 5) is 47.4. The van der Waals surface area contributed by atoms with Gasteiger partial charge < -0.3 is 9.30 Å². The van der Waals surface area contributed by atoms with Gasteiger partial charge in [0.2, 0.25) is 0 Å². The fourth-order valence-electron chi connectivity index (χ4n) is 2.12. The van der Waals surface area contributed by atoms with Gasteiger partial charge in [-0.05, 0) is 32.0 Å². The lowest BCUT2D eigenvalue weighted by Crippen LogP contribution is -2.46. The lowest BCUT2D eigenvalue weighted by molar-refractivity contribution is -0.129. The first kappa shape index (κ1) is 18.9. The van der Waals surface area contributed by atoms with Crippen LogP contribution in [0, 0.1) is 0 Å². The molecule has 1 aromatic carbocycles. The van der Waals surface area contributed by atoms with Gasteiger partial charge in [0.05, 0.1) is 0 Å². The highest BCUT2D eigenvalue weighted by Gasteiger charge is 2.22. The maximum atomic E-state index is 12.2. The first-order chi connectivity index (χ1) is 12.3. The molecule has 0 spiro atoms. The number of aryl methyl sites for hydroxylation is 1. The van der Waals surface area contributed by atoms with E-state index in [1.54, 1.807) is 37.4 Å². The zero-order chi connectivity index (χ0) is 19.3. The van der Waals surface area contributed by atoms with Crippen molar-refractivity contribution in [1.82, 2.24) is 15.4 Å². The quantitative estimate of drug-likeness (QED) is 0.476. The molecule has 0 aliphatic carbocycles. The average molecular weight is 357 g/mol. The number of nitrogens with zero attached hydrogens (tertiary/aromatic N) is 1. The largest absolute Gasteiger partial charge is 0.448 e. The molecule has 0 aliphatic heterocycles. The van der Waals surface area contributed by atoms with Crippen LogP contribution in [0.4, 0.5) is 0 Å². The normalized spacial score (nSPS) is 11.3. The summed E-state index contributed by atoms with van der Waals surface area (Å²) in [5.41, 5.74) is 5.32. The molecule has 0 saturated heterocycles. The molecule has 26 heavy (non-hydrogen) atoms. The molecule has 0 radical (unpaired) electrons. The van der Waals surface area contributed by atoms with Gasteiger partial charge in [0.1, 0.15) is 5.69 Å². The van der Waals surface area contributed by atoms with Gasteiger partial charge in [-0.25, -0.2) is 4.79 Å². The maximum Gasteiger partial charge on any atom is 0.355 e. The van der Waals surface area contributed by atoms with Gasteiger partial charge in [0.25, 0.3) is 11.8 Å². The third-order valence-corrected chi connectivity index (χ3v) is 3.61. The summed E-state index contributed by atoms with van der Waals surface area (Å²) >= 11 is 0. The van der Waals surface area contributed by atoms with Gasteiger partial charge in [0.15, 0.2) is 11.9 Å². The number of hydrazine groups is 1. The Hall–Kier alpha value is -3.42. The highest BCUT2D eigenvalue weighted by molar-refractivity contribution is 5.99. The van der Waals surface area contributed by atoms with Gasteiger partial charge in [0, 0.05) is 24.4 Å². The fraction of sp³-hybridized carbons (Fsp3) is 0.222. The number of amides is 2. The molecule has 0 saturated carbocycles. The van der Waals surface area contributed by atoms with Gasteiger partial charge in [-0.2, -0.15) is 0 Å². The number of Topliss-reactive ketones (excluding diaryl/α,β-unsaturated/α-hetero) is 1. The van der Waals surface area contributed by atoms with Crippen LogP contribution in [-0.4, -0.2) is 34.2 Å². The van der Waals surface area contributed by atoms with Gasteiger partial charge >= 0.3 is 5.97 Å². The molecule has 1 atom stereocenters. The van der Waals surface area contributed by atoms with Crippen molar-refractivity contribution in [2.75, 3.05) is 0 Å². The summed E-state index contributed by atoms with van der Waals surface area (Å²) in [6.45, 7) is 2.76. The second-order valence-corrected chi connectivity index (χ2v) is 5.64. The molecule has 0 fully saturated rings. The fourth-order valence-corrected chi connectivity index (χ4v) is 2.12. The Kier molecular flexibility index (Phi) is 5.90. The van der Waals surface area contributed by atoms with Crippen molar-refractivity contribution in [3.63, 3.8) is 0 Å². The van der Waals surface area contributed by atoms with Gasteiger partial charge in [-0.1, -0.05) is 18.2 Å². The second kappa shape index (κ2) is 8.11. The smallest absolute Gasteiger partial charge is 0.355 e. The van der Waals surface area contributed by atoms with Gasteiger partial charge in [-0.15, -0.1) is 0 Å². The Morgan fingerprint density at radius 3 is 2.27 bits per heavy atom. The van der Waals surface area contributed by atoms with Crippen LogP contribution in [0.1, 0.15) is 45.1 Å². The lowest BCUT2D eigenvalue weighted by Gasteiger charge is -2.14. The molecule has 8 nitrogen and oxygen atoms in total. The standard InChI is InChI=1S/C18H19N3O5/c1-11(22)14-9-15(21(3)10-14)18(25)26-12(2)16(23)19-20-17(24)13-7-5-4-6-8-13/h4-10,12H,1-3H3,(H,19,23)(H,20,24)/t12-/m0/s1. The lowest BCUT2D eigenvalue weighted by atomic mass is 10.2. The monoisotopic (exact) mass is 357 g/mol. The number of carbonyl (C=O) groups is 4. The SMILES string of the molecule is CC(=O)c1cc(C(=O)O[C@@H](C)C(=O)NNC(=O)c2ccccc2)n(C)c1. The third kappa shape index (κ3) is 4.56. The summed E-state index contributed by atoms with van der Waals surface area (Å²) in [5, 5.41) is 0. The van der Waals surface area contributed by atoms with Crippen LogP contribution < -0.4 is 10.9 Å². The highest BCUT2D eigenvalue weighted by Crippen LogP contribution is 2.10. The molecule has 2 N–H and O–H groups in total. The number of esters is 1. The Labute approximate surface area is 150 Å². The zero-order valence-corrected chi connectivity index (χ0v) is 14.6. The number of aromatic nitrogens is 1. The first-order valence-corrected chi connectivity index (χ1v) is 7.83. The minimum absolute atomic E-state index is 0.142. The van der Waals surface area contributed by atoms with Crippen molar-refractivity contribution in [3.05, 3.63) is 59.4 Å². The predicted octanol–water partition coefficient (Wildman–Crippen LogP) is 1.23. The van der Waals surface area contributed by atoms with Crippen LogP contribution >= 0.6 is 0 Å². The summed E-state index contributed by atoms with van der Waals surface area (Å²) in [6, 6.07) is 9.72. The topological polar surface area (TPSA) is 106 Å². The minimum Gasteiger partial charge on any atom is -0.448 e. The zero-order valence-electron chi connectivity index (χ0n) is 14.6. The molecule has 8 heteroatoms. The van der Waals surface area contributed by atoms with E-state index in [1.807, 2.05) is 0 Å². The number of nitrogens with one attached hydrogen (secondary N) is 2. The van der Waals surface area contributed by atoms with Crippen LogP contribution in [-0.2, 0) is 16.6 Å². The van der Waals surface area contributed by atoms with Crippen LogP contribution in [0.25, 0.3) is 0 Å². The number of rotatable bonds is 5. The number of hydrogen-bond acceptors (Lipinski definition) is 5. The molecule has 2 aromatic rings. The first-order valence-electron chi connectivity index (χ1n) is 7.83. The van der Waals surface area contributed by atoms with Crippen LogP contribution in [0.5, 0.6) is 0 Å². The van der Waals surface area contributed by atoms with Crippen molar-refractivity contribution in [2.24, 2.45) is 7.05 Å². The van der Waals surface area contributed by atoms with E-state index in [0.29, 0.717) is 11.1 Å². The highest BCUT2D eigenvalue weighted by atomic mass is 16.5. The van der Waals surface area contributed by atoms with Crippen LogP contribution in [0.3, 0.4) is 0 Å². The molecular formula is C18H19N3O5. The summed E-state index contributed by atoms with van der Waals surface area (Å²) < 4.78 is 6.52. The van der Waals surface area contributed by atoms with E-state index in [4.69, 9.17) is 4.74 Å². The van der Waals surface area contributed by atoms with Gasteiger partial charge in [-0.3, -0.25) is 25.2 Å². The van der Waals surface area contributed by atoms with Crippen LogP contribution in [0.15, 0.2) is 42.6 Å². The minimum atomic E-state index is -1.14. The number of ketones is 1. The molecule has 1 heterocycles. The molecule has 0 aliphatic rings. The molecule has 0 unspecified atom stereocenters. The van der Waals surface area contributed by atoms with Crippen molar-refractivity contribution in [3.8, 4) is 0 Å². The summed E-state index contributed by atoms with van der Waals surface area (Å²) in [6.07, 6.45) is 0.360. The summed E-state index contributed by atoms with van der Waals surface area (Å²) in [7, 11) is 1.59. The van der Waals surface area contributed by atoms with E-state index < -0.39 is 23.9 Å². The Balaban J connectivity index is 1.91. The predicted molar refractivity (Wildman–Crippen MR) is 92.3 cm³/mol. The van der Waals surface area contributed by atoms with Crippen molar-refractivity contribution < 1.29 is 23.9 Å². The molecule has 0 bridgehead atoms. The number of benzene rings is 1. The van der Waals surface area contributed by atoms with E-state index >= 15 is 0 Å². The van der Waals surface area contributed by atoms with E-state index in [2.05, 4.69) is 10.9 Å². The van der Waals surface area contributed by atoms with Crippen molar-refractivity contribution in [2.45, 2.75) is 20.0 Å². The number of carbonyl (C=O) groups excluding carboxylic acids is 4. The Bertz CT molecular complexity index is 842. The van der Waals surface area contributed by atoms with E-state index in [1.165, 1.54) is 30.7 Å². The molecule has 1 aromatic heterocycles.